The van der Waals surface area contributed by atoms with E-state index in [-0.39, 0.29) is 6.61 Å². The number of hydrogen-bond donors (Lipinski definition) is 1. The lowest BCUT2D eigenvalue weighted by molar-refractivity contribution is 0.299. The van der Waals surface area contributed by atoms with Gasteiger partial charge in [0.05, 0.1) is 13.2 Å². The van der Waals surface area contributed by atoms with Gasteiger partial charge in [-0.2, -0.15) is 0 Å². The van der Waals surface area contributed by atoms with Crippen molar-refractivity contribution in [1.29, 1.82) is 0 Å². The highest BCUT2D eigenvalue weighted by Crippen LogP contribution is 2.40. The second-order valence-corrected chi connectivity index (χ2v) is 8.01. The Morgan fingerprint density at radius 1 is 0.963 bits per heavy atom. The second kappa shape index (κ2) is 13.8. The number of aliphatic hydroxyl groups excluding tert-OH is 1. The Balaban J connectivity index is 1.79. The molecule has 1 aromatic rings. The summed E-state index contributed by atoms with van der Waals surface area (Å²) in [5.74, 6) is 1.71. The lowest BCUT2D eigenvalue weighted by Crippen LogP contribution is -2.04. The van der Waals surface area contributed by atoms with Crippen molar-refractivity contribution < 1.29 is 9.84 Å². The Hall–Kier alpha value is -1.28. The van der Waals surface area contributed by atoms with Crippen molar-refractivity contribution in [1.82, 2.24) is 0 Å². The maximum absolute atomic E-state index is 9.14. The van der Waals surface area contributed by atoms with Crippen LogP contribution in [0.2, 0.25) is 0 Å². The zero-order chi connectivity index (χ0) is 19.2. The lowest BCUT2D eigenvalue weighted by atomic mass is 9.94. The fourth-order valence-corrected chi connectivity index (χ4v) is 4.20. The standard InChI is InChI=1S/C25H40O2/c1-2-3-4-5-6-7-8-9-12-21-27-25-23(18-14-20-26)17-13-19-24(25)22-15-10-11-16-22/h13-14,17-19,22,26H,2-12,15-16,20-21H2,1H3. The first kappa shape index (κ1) is 22.0. The summed E-state index contributed by atoms with van der Waals surface area (Å²) < 4.78 is 6.30. The second-order valence-electron chi connectivity index (χ2n) is 8.01. The first-order chi connectivity index (χ1) is 13.4. The summed E-state index contributed by atoms with van der Waals surface area (Å²) in [6.45, 7) is 3.15. The molecule has 1 aliphatic carbocycles. The van der Waals surface area contributed by atoms with Crippen molar-refractivity contribution in [2.24, 2.45) is 0 Å². The van der Waals surface area contributed by atoms with Gasteiger partial charge in [0.15, 0.2) is 0 Å². The lowest BCUT2D eigenvalue weighted by Gasteiger charge is -2.18. The van der Waals surface area contributed by atoms with E-state index in [1.54, 1.807) is 6.08 Å². The van der Waals surface area contributed by atoms with Crippen LogP contribution in [-0.2, 0) is 0 Å². The molecule has 0 heterocycles. The molecule has 0 unspecified atom stereocenters. The van der Waals surface area contributed by atoms with Gasteiger partial charge in [0, 0.05) is 5.56 Å². The SMILES string of the molecule is CCCCCCCCCCCOc1c(C=CCO)cccc1C1CCCC1. The van der Waals surface area contributed by atoms with Crippen LogP contribution in [0, 0.1) is 0 Å². The van der Waals surface area contributed by atoms with E-state index < -0.39 is 0 Å². The Labute approximate surface area is 167 Å². The number of aliphatic hydroxyl groups is 1. The predicted molar refractivity (Wildman–Crippen MR) is 116 cm³/mol. The molecule has 152 valence electrons. The molecule has 1 N–H and O–H groups in total. The van der Waals surface area contributed by atoms with Gasteiger partial charge < -0.3 is 9.84 Å². The van der Waals surface area contributed by atoms with E-state index in [0.29, 0.717) is 5.92 Å². The van der Waals surface area contributed by atoms with Gasteiger partial charge in [-0.15, -0.1) is 0 Å². The van der Waals surface area contributed by atoms with E-state index in [2.05, 4.69) is 25.1 Å². The molecule has 0 atom stereocenters. The maximum atomic E-state index is 9.14. The molecule has 1 saturated carbocycles. The topological polar surface area (TPSA) is 29.5 Å². The van der Waals surface area contributed by atoms with E-state index in [1.165, 1.54) is 82.6 Å². The van der Waals surface area contributed by atoms with Crippen LogP contribution in [0.3, 0.4) is 0 Å². The minimum absolute atomic E-state index is 0.0748. The van der Waals surface area contributed by atoms with Crippen molar-refractivity contribution in [2.45, 2.75) is 96.3 Å². The molecule has 1 fully saturated rings. The van der Waals surface area contributed by atoms with Crippen LogP contribution in [0.5, 0.6) is 5.75 Å². The van der Waals surface area contributed by atoms with E-state index in [1.807, 2.05) is 6.08 Å². The number of benzene rings is 1. The van der Waals surface area contributed by atoms with Gasteiger partial charge in [-0.1, -0.05) is 101 Å². The Kier molecular flexibility index (Phi) is 11.3. The minimum atomic E-state index is 0.0748. The minimum Gasteiger partial charge on any atom is -0.493 e. The molecule has 0 radical (unpaired) electrons. The molecule has 2 rings (SSSR count). The molecule has 0 aromatic heterocycles. The molecule has 2 heteroatoms. The van der Waals surface area contributed by atoms with Crippen LogP contribution in [0.25, 0.3) is 6.08 Å². The van der Waals surface area contributed by atoms with Crippen LogP contribution in [0.15, 0.2) is 24.3 Å². The molecule has 27 heavy (non-hydrogen) atoms. The quantitative estimate of drug-likeness (QED) is 0.348. The maximum Gasteiger partial charge on any atom is 0.129 e. The molecule has 0 spiro atoms. The third kappa shape index (κ3) is 8.09. The molecular formula is C25H40O2. The normalized spacial score (nSPS) is 15.0. The largest absolute Gasteiger partial charge is 0.493 e. The number of para-hydroxylation sites is 1. The number of rotatable bonds is 14. The Bertz CT molecular complexity index is 529. The van der Waals surface area contributed by atoms with Gasteiger partial charge >= 0.3 is 0 Å². The highest BCUT2D eigenvalue weighted by Gasteiger charge is 2.21. The summed E-state index contributed by atoms with van der Waals surface area (Å²) in [5, 5.41) is 9.14. The van der Waals surface area contributed by atoms with Crippen LogP contribution in [-0.4, -0.2) is 18.3 Å². The van der Waals surface area contributed by atoms with Gasteiger partial charge in [-0.05, 0) is 30.7 Å². The molecule has 0 amide bonds. The highest BCUT2D eigenvalue weighted by molar-refractivity contribution is 5.60. The summed E-state index contributed by atoms with van der Waals surface area (Å²) >= 11 is 0. The summed E-state index contributed by atoms with van der Waals surface area (Å²) in [5.41, 5.74) is 2.49. The smallest absolute Gasteiger partial charge is 0.129 e. The summed E-state index contributed by atoms with van der Waals surface area (Å²) in [4.78, 5) is 0. The van der Waals surface area contributed by atoms with Crippen molar-refractivity contribution in [3.05, 3.63) is 35.4 Å². The van der Waals surface area contributed by atoms with E-state index >= 15 is 0 Å². The van der Waals surface area contributed by atoms with Gasteiger partial charge in [-0.25, -0.2) is 0 Å². The van der Waals surface area contributed by atoms with Gasteiger partial charge in [-0.3, -0.25) is 0 Å². The Morgan fingerprint density at radius 2 is 1.63 bits per heavy atom. The average molecular weight is 373 g/mol. The van der Waals surface area contributed by atoms with Crippen molar-refractivity contribution in [3.8, 4) is 5.75 Å². The van der Waals surface area contributed by atoms with Gasteiger partial charge in [0.25, 0.3) is 0 Å². The fourth-order valence-electron chi connectivity index (χ4n) is 4.20. The fraction of sp³-hybridized carbons (Fsp3) is 0.680. The third-order valence-electron chi connectivity index (χ3n) is 5.77. The monoisotopic (exact) mass is 372 g/mol. The molecule has 1 aliphatic rings. The van der Waals surface area contributed by atoms with Gasteiger partial charge in [0.2, 0.25) is 0 Å². The third-order valence-corrected chi connectivity index (χ3v) is 5.77. The molecular weight excluding hydrogens is 332 g/mol. The van der Waals surface area contributed by atoms with Crippen molar-refractivity contribution in [3.63, 3.8) is 0 Å². The first-order valence-electron chi connectivity index (χ1n) is 11.4. The zero-order valence-electron chi connectivity index (χ0n) is 17.4. The first-order valence-corrected chi connectivity index (χ1v) is 11.4. The number of ether oxygens (including phenoxy) is 1. The average Bonchev–Trinajstić information content (AvgIpc) is 3.22. The summed E-state index contributed by atoms with van der Waals surface area (Å²) in [6.07, 6.45) is 21.0. The molecule has 0 aliphatic heterocycles. The van der Waals surface area contributed by atoms with Crippen molar-refractivity contribution in [2.75, 3.05) is 13.2 Å². The van der Waals surface area contributed by atoms with Crippen molar-refractivity contribution >= 4 is 6.08 Å². The van der Waals surface area contributed by atoms with Crippen LogP contribution < -0.4 is 4.74 Å². The van der Waals surface area contributed by atoms with Crippen LogP contribution >= 0.6 is 0 Å². The van der Waals surface area contributed by atoms with E-state index in [0.717, 1.165) is 24.3 Å². The molecule has 0 saturated heterocycles. The van der Waals surface area contributed by atoms with Gasteiger partial charge in [0.1, 0.15) is 5.75 Å². The summed E-state index contributed by atoms with van der Waals surface area (Å²) in [7, 11) is 0. The molecule has 2 nitrogen and oxygen atoms in total. The van der Waals surface area contributed by atoms with Crippen LogP contribution in [0.1, 0.15) is 107 Å². The number of hydrogen-bond acceptors (Lipinski definition) is 2. The predicted octanol–water partition coefficient (Wildman–Crippen LogP) is 7.26. The molecule has 0 bridgehead atoms. The summed E-state index contributed by atoms with van der Waals surface area (Å²) in [6, 6.07) is 6.49. The Morgan fingerprint density at radius 3 is 2.30 bits per heavy atom. The van der Waals surface area contributed by atoms with E-state index in [9.17, 15) is 0 Å². The molecule has 1 aromatic carbocycles. The number of unbranched alkanes of at least 4 members (excludes halogenated alkanes) is 8. The zero-order valence-corrected chi connectivity index (χ0v) is 17.4. The van der Waals surface area contributed by atoms with E-state index in [4.69, 9.17) is 9.84 Å². The highest BCUT2D eigenvalue weighted by atomic mass is 16.5. The van der Waals surface area contributed by atoms with Crippen LogP contribution in [0.4, 0.5) is 0 Å².